The van der Waals surface area contributed by atoms with Crippen LogP contribution in [-0.4, -0.2) is 70.9 Å². The maximum Gasteiger partial charge on any atom is 1.00 e. The summed E-state index contributed by atoms with van der Waals surface area (Å²) in [5.74, 6) is 3.33. The molecule has 4 aliphatic carbocycles. The topological polar surface area (TPSA) is 173 Å². The number of carbonyl (C=O) groups excluding carboxylic acids is 1. The van der Waals surface area contributed by atoms with Gasteiger partial charge in [0, 0.05) is 24.5 Å². The van der Waals surface area contributed by atoms with Crippen molar-refractivity contribution < 1.29 is 63.9 Å². The maximum atomic E-state index is 11.8. The number of carboxylic acids is 1. The van der Waals surface area contributed by atoms with Crippen molar-refractivity contribution in [1.82, 2.24) is 29.5 Å². The van der Waals surface area contributed by atoms with Crippen molar-refractivity contribution in [3.63, 3.8) is 0 Å². The zero-order chi connectivity index (χ0) is 33.4. The van der Waals surface area contributed by atoms with Gasteiger partial charge in [-0.2, -0.15) is 0 Å². The number of esters is 1. The molecule has 4 saturated carbocycles. The molecule has 0 saturated heterocycles. The Morgan fingerprint density at radius 3 is 1.48 bits per heavy atom. The van der Waals surface area contributed by atoms with Crippen molar-refractivity contribution >= 4 is 35.1 Å². The largest absolute Gasteiger partial charge is 1.00 e. The molecule has 13 nitrogen and oxygen atoms in total. The zero-order valence-corrected chi connectivity index (χ0v) is 31.3. The van der Waals surface area contributed by atoms with Gasteiger partial charge in [-0.1, -0.05) is 23.2 Å². The smallest absolute Gasteiger partial charge is 0.870 e. The van der Waals surface area contributed by atoms with Gasteiger partial charge >= 0.3 is 41.5 Å². The molecule has 0 aliphatic heterocycles. The minimum Gasteiger partial charge on any atom is -0.870 e. The summed E-state index contributed by atoms with van der Waals surface area (Å²) in [6.45, 7) is 2.04. The van der Waals surface area contributed by atoms with Crippen LogP contribution in [0, 0.1) is 23.7 Å². The predicted octanol–water partition coefficient (Wildman–Crippen LogP) is 3.68. The van der Waals surface area contributed by atoms with Crippen molar-refractivity contribution in [1.29, 1.82) is 0 Å². The number of carbonyl (C=O) groups is 2. The average molecular weight is 736 g/mol. The zero-order valence-electron chi connectivity index (χ0n) is 27.8. The van der Waals surface area contributed by atoms with Gasteiger partial charge in [-0.25, -0.2) is 28.9 Å². The molecule has 4 aliphatic rings. The first kappa shape index (κ1) is 38.0. The van der Waals surface area contributed by atoms with Gasteiger partial charge in [0.05, 0.1) is 17.7 Å². The molecule has 4 heterocycles. The third-order valence-corrected chi connectivity index (χ3v) is 9.43. The van der Waals surface area contributed by atoms with Crippen LogP contribution in [0.2, 0.25) is 10.3 Å². The van der Waals surface area contributed by atoms with Gasteiger partial charge in [-0.05, 0) is 106 Å². The summed E-state index contributed by atoms with van der Waals surface area (Å²) >= 11 is 12.0. The van der Waals surface area contributed by atoms with Crippen molar-refractivity contribution in [2.24, 2.45) is 23.7 Å². The van der Waals surface area contributed by atoms with Gasteiger partial charge in [0.1, 0.15) is 22.5 Å². The molecular weight excluding hydrogens is 698 g/mol. The molecule has 260 valence electrons. The van der Waals surface area contributed by atoms with Crippen LogP contribution in [0.1, 0.15) is 79.0 Å². The van der Waals surface area contributed by atoms with Gasteiger partial charge < -0.3 is 24.8 Å². The molecule has 0 bridgehead atoms. The number of hydrogen-bond donors (Lipinski definition) is 1. The molecule has 50 heavy (non-hydrogen) atoms. The van der Waals surface area contributed by atoms with E-state index < -0.39 is 11.9 Å². The van der Waals surface area contributed by atoms with E-state index >= 15 is 0 Å². The number of carboxylic acid groups (broad SMARTS) is 1. The van der Waals surface area contributed by atoms with E-state index in [1.807, 2.05) is 6.07 Å². The Labute approximate surface area is 321 Å². The summed E-state index contributed by atoms with van der Waals surface area (Å²) in [6, 6.07) is 9.93. The number of aromatic carboxylic acids is 1. The monoisotopic (exact) mass is 734 g/mol. The average Bonchev–Trinajstić information content (AvgIpc) is 3.85. The second kappa shape index (κ2) is 16.4. The summed E-state index contributed by atoms with van der Waals surface area (Å²) in [5, 5.41) is 17.9. The number of ether oxygens (including phenoxy) is 3. The summed E-state index contributed by atoms with van der Waals surface area (Å²) in [5.41, 5.74) is 0.222. The van der Waals surface area contributed by atoms with Crippen LogP contribution in [-0.2, 0) is 4.74 Å². The number of aromatic nitrogens is 6. The molecule has 0 spiro atoms. The van der Waals surface area contributed by atoms with Gasteiger partial charge in [0.25, 0.3) is 0 Å². The molecule has 8 rings (SSSR count). The first-order valence-corrected chi connectivity index (χ1v) is 17.2. The fraction of sp³-hybridized carbons (Fsp3) is 0.471. The molecular formula is C34H37Cl2N6NaO7. The minimum atomic E-state index is -1.10. The van der Waals surface area contributed by atoms with Crippen LogP contribution in [0.5, 0.6) is 11.8 Å². The number of rotatable bonds is 13. The summed E-state index contributed by atoms with van der Waals surface area (Å²) in [4.78, 5) is 31.1. The summed E-state index contributed by atoms with van der Waals surface area (Å²) < 4.78 is 20.3. The van der Waals surface area contributed by atoms with E-state index in [-0.39, 0.29) is 62.6 Å². The van der Waals surface area contributed by atoms with Crippen LogP contribution >= 0.6 is 23.2 Å². The summed E-state index contributed by atoms with van der Waals surface area (Å²) in [6.07, 6.45) is 14.1. The van der Waals surface area contributed by atoms with E-state index in [4.69, 9.17) is 42.5 Å². The molecule has 4 aromatic rings. The van der Waals surface area contributed by atoms with Gasteiger partial charge in [-0.3, -0.25) is 0 Å². The van der Waals surface area contributed by atoms with Gasteiger partial charge in [-0.15, -0.1) is 10.2 Å². The predicted molar refractivity (Wildman–Crippen MR) is 177 cm³/mol. The number of pyridine rings is 2. The normalized spacial score (nSPS) is 16.5. The molecule has 16 heteroatoms. The van der Waals surface area contributed by atoms with Crippen LogP contribution in [0.15, 0.2) is 48.8 Å². The van der Waals surface area contributed by atoms with Gasteiger partial charge in [0.2, 0.25) is 11.8 Å². The number of halogens is 2. The Kier molecular flexibility index (Phi) is 12.5. The maximum absolute atomic E-state index is 11.8. The molecule has 0 amide bonds. The fourth-order valence-electron chi connectivity index (χ4n) is 5.75. The molecule has 2 N–H and O–H groups in total. The Bertz CT molecular complexity index is 1780. The standard InChI is InChI=1S/C18H20ClN3O3.C16H16ClN3O3.Na.H2O/c1-2-24-18(23)13-7-8-14(20-17(13)19)22-10-9-15(21-22)25-16(11-3-4-11)12-5-6-12;17-15-11(16(21)22)5-6-12(18-15)20-8-7-13(19-20)23-14(9-1-2-9)10-3-4-10;;/h7-12,16H,2-6H2,1H3;5-10,14H,1-4H2,(H,21,22);;1H2/q;;+1;/p-1. The van der Waals surface area contributed by atoms with E-state index in [9.17, 15) is 9.59 Å². The van der Waals surface area contributed by atoms with E-state index in [0.717, 1.165) is 0 Å². The Hall–Kier alpha value is -3.20. The fourth-order valence-corrected chi connectivity index (χ4v) is 6.21. The van der Waals surface area contributed by atoms with E-state index in [1.54, 1.807) is 52.9 Å². The second-order valence-corrected chi connectivity index (χ2v) is 13.5. The third kappa shape index (κ3) is 9.36. The van der Waals surface area contributed by atoms with Crippen molar-refractivity contribution in [2.45, 2.75) is 70.5 Å². The Morgan fingerprint density at radius 2 is 1.14 bits per heavy atom. The van der Waals surface area contributed by atoms with E-state index in [1.165, 1.54) is 57.4 Å². The number of hydrogen-bond acceptors (Lipinski definition) is 10. The molecule has 0 unspecified atom stereocenters. The van der Waals surface area contributed by atoms with Crippen LogP contribution in [0.4, 0.5) is 0 Å². The summed E-state index contributed by atoms with van der Waals surface area (Å²) in [7, 11) is 0. The molecule has 0 radical (unpaired) electrons. The molecule has 0 aromatic carbocycles. The van der Waals surface area contributed by atoms with Crippen LogP contribution in [0.3, 0.4) is 0 Å². The first-order valence-electron chi connectivity index (χ1n) is 16.5. The Morgan fingerprint density at radius 1 is 0.740 bits per heavy atom. The first-order chi connectivity index (χ1) is 23.3. The molecule has 4 aromatic heterocycles. The third-order valence-electron chi connectivity index (χ3n) is 8.85. The Balaban J connectivity index is 0.000000187. The van der Waals surface area contributed by atoms with Crippen LogP contribution in [0.25, 0.3) is 11.6 Å². The van der Waals surface area contributed by atoms with E-state index in [2.05, 4.69) is 20.2 Å². The SMILES string of the molecule is CCOC(=O)c1ccc(-n2ccc(OC(C3CC3)C3CC3)n2)nc1Cl.O=C(O)c1ccc(-n2ccc(OC(C3CC3)C3CC3)n2)nc1Cl.[Na+].[OH-]. The molecule has 0 atom stereocenters. The van der Waals surface area contributed by atoms with Gasteiger partial charge in [0.15, 0.2) is 11.6 Å². The van der Waals surface area contributed by atoms with Crippen LogP contribution < -0.4 is 39.0 Å². The minimum absolute atomic E-state index is 0. The van der Waals surface area contributed by atoms with Crippen molar-refractivity contribution in [3.8, 4) is 23.4 Å². The second-order valence-electron chi connectivity index (χ2n) is 12.8. The van der Waals surface area contributed by atoms with E-state index in [0.29, 0.717) is 59.8 Å². The number of nitrogens with zero attached hydrogens (tertiary/aromatic N) is 6. The van der Waals surface area contributed by atoms with Crippen molar-refractivity contribution in [3.05, 3.63) is 70.2 Å². The quantitative estimate of drug-likeness (QED) is 0.121. The molecule has 4 fully saturated rings. The van der Waals surface area contributed by atoms with Crippen molar-refractivity contribution in [2.75, 3.05) is 6.61 Å².